The Morgan fingerprint density at radius 1 is 1.12 bits per heavy atom. The summed E-state index contributed by atoms with van der Waals surface area (Å²) in [6.45, 7) is 8.21. The van der Waals surface area contributed by atoms with Gasteiger partial charge in [-0.1, -0.05) is 12.1 Å². The van der Waals surface area contributed by atoms with Crippen LogP contribution in [0.25, 0.3) is 0 Å². The van der Waals surface area contributed by atoms with E-state index in [0.29, 0.717) is 12.2 Å². The Morgan fingerprint density at radius 2 is 1.88 bits per heavy atom. The lowest BCUT2D eigenvalue weighted by Crippen LogP contribution is -2.28. The monoisotopic (exact) mass is 328 g/mol. The second kappa shape index (κ2) is 7.81. The van der Waals surface area contributed by atoms with Gasteiger partial charge in [0.2, 0.25) is 5.91 Å². The number of hydrogen-bond donors (Lipinski definition) is 2. The smallest absolute Gasteiger partial charge is 0.253 e. The minimum Gasteiger partial charge on any atom is -0.493 e. The van der Waals surface area contributed by atoms with Gasteiger partial charge in [0, 0.05) is 17.8 Å². The van der Waals surface area contributed by atoms with Crippen LogP contribution in [0.15, 0.2) is 29.1 Å². The predicted octanol–water partition coefficient (Wildman–Crippen LogP) is 2.69. The van der Waals surface area contributed by atoms with E-state index in [2.05, 4.69) is 10.3 Å². The molecule has 0 spiro atoms. The molecule has 0 unspecified atom stereocenters. The summed E-state index contributed by atoms with van der Waals surface area (Å²) in [5.74, 6) is 0.660. The van der Waals surface area contributed by atoms with Gasteiger partial charge in [-0.05, 0) is 56.5 Å². The molecule has 1 aromatic heterocycles. The summed E-state index contributed by atoms with van der Waals surface area (Å²) in [6, 6.07) is 7.88. The fraction of sp³-hybridized carbons (Fsp3) is 0.368. The zero-order valence-corrected chi connectivity index (χ0v) is 14.7. The Bertz CT molecular complexity index is 794. The Morgan fingerprint density at radius 3 is 2.58 bits per heavy atom. The van der Waals surface area contributed by atoms with E-state index >= 15 is 0 Å². The van der Waals surface area contributed by atoms with Crippen LogP contribution in [0.2, 0.25) is 0 Å². The Kier molecular flexibility index (Phi) is 5.79. The number of ether oxygens (including phenoxy) is 1. The van der Waals surface area contributed by atoms with Gasteiger partial charge >= 0.3 is 0 Å². The number of aromatic amines is 1. The minimum atomic E-state index is -0.153. The molecule has 2 aromatic rings. The number of aromatic nitrogens is 1. The van der Waals surface area contributed by atoms with E-state index < -0.39 is 0 Å². The van der Waals surface area contributed by atoms with E-state index in [1.165, 1.54) is 0 Å². The van der Waals surface area contributed by atoms with E-state index in [4.69, 9.17) is 4.74 Å². The fourth-order valence-corrected chi connectivity index (χ4v) is 2.49. The van der Waals surface area contributed by atoms with Gasteiger partial charge in [0.05, 0.1) is 13.0 Å². The number of H-pyrrole nitrogens is 1. The molecule has 0 atom stereocenters. The number of carbonyl (C=O) groups is 1. The molecule has 0 fully saturated rings. The van der Waals surface area contributed by atoms with Crippen molar-refractivity contribution in [3.8, 4) is 5.75 Å². The SMILES string of the molecule is Cc1ccc(C)c(OCCC(=O)NCc2c(C)cc(C)[nH]c2=O)c1. The van der Waals surface area contributed by atoms with Crippen LogP contribution in [0.3, 0.4) is 0 Å². The molecule has 0 bridgehead atoms. The molecule has 1 amide bonds. The second-order valence-corrected chi connectivity index (χ2v) is 6.09. The first-order valence-electron chi connectivity index (χ1n) is 8.03. The quantitative estimate of drug-likeness (QED) is 0.856. The lowest BCUT2D eigenvalue weighted by Gasteiger charge is -2.11. The molecule has 0 radical (unpaired) electrons. The van der Waals surface area contributed by atoms with E-state index in [0.717, 1.165) is 28.1 Å². The molecular weight excluding hydrogens is 304 g/mol. The van der Waals surface area contributed by atoms with Crippen LogP contribution in [-0.2, 0) is 11.3 Å². The molecule has 0 saturated heterocycles. The second-order valence-electron chi connectivity index (χ2n) is 6.09. The first kappa shape index (κ1) is 17.8. The molecule has 128 valence electrons. The number of hydrogen-bond acceptors (Lipinski definition) is 3. The molecular formula is C19H24N2O3. The molecule has 0 aliphatic carbocycles. The van der Waals surface area contributed by atoms with E-state index in [1.807, 2.05) is 52.0 Å². The third-order valence-electron chi connectivity index (χ3n) is 3.89. The lowest BCUT2D eigenvalue weighted by atomic mass is 10.1. The van der Waals surface area contributed by atoms with Crippen LogP contribution >= 0.6 is 0 Å². The largest absolute Gasteiger partial charge is 0.493 e. The number of nitrogens with one attached hydrogen (secondary N) is 2. The first-order chi connectivity index (χ1) is 11.4. The van der Waals surface area contributed by atoms with Gasteiger partial charge < -0.3 is 15.0 Å². The molecule has 1 aromatic carbocycles. The standard InChI is InChI=1S/C19H24N2O3/c1-12-5-6-13(2)17(9-12)24-8-7-18(22)20-11-16-14(3)10-15(4)21-19(16)23/h5-6,9-10H,7-8,11H2,1-4H3,(H,20,22)(H,21,23). The van der Waals surface area contributed by atoms with Crippen LogP contribution in [0.4, 0.5) is 0 Å². The summed E-state index contributed by atoms with van der Waals surface area (Å²) in [5, 5.41) is 2.77. The highest BCUT2D eigenvalue weighted by atomic mass is 16.5. The molecule has 5 heteroatoms. The molecule has 2 N–H and O–H groups in total. The number of aryl methyl sites for hydroxylation is 4. The summed E-state index contributed by atoms with van der Waals surface area (Å²) in [6.07, 6.45) is 0.246. The third kappa shape index (κ3) is 4.72. The van der Waals surface area contributed by atoms with Gasteiger partial charge in [-0.3, -0.25) is 9.59 Å². The van der Waals surface area contributed by atoms with Gasteiger partial charge in [0.25, 0.3) is 5.56 Å². The van der Waals surface area contributed by atoms with Gasteiger partial charge in [-0.25, -0.2) is 0 Å². The molecule has 2 rings (SSSR count). The number of benzene rings is 1. The van der Waals surface area contributed by atoms with Crippen LogP contribution in [0, 0.1) is 27.7 Å². The van der Waals surface area contributed by atoms with Crippen molar-refractivity contribution in [3.63, 3.8) is 0 Å². The summed E-state index contributed by atoms with van der Waals surface area (Å²) >= 11 is 0. The van der Waals surface area contributed by atoms with Gasteiger partial charge in [-0.2, -0.15) is 0 Å². The lowest BCUT2D eigenvalue weighted by molar-refractivity contribution is -0.121. The highest BCUT2D eigenvalue weighted by Gasteiger charge is 2.08. The van der Waals surface area contributed by atoms with Crippen molar-refractivity contribution in [2.75, 3.05) is 6.61 Å². The van der Waals surface area contributed by atoms with Gasteiger partial charge in [0.1, 0.15) is 5.75 Å². The average Bonchev–Trinajstić information content (AvgIpc) is 2.49. The average molecular weight is 328 g/mol. The number of rotatable bonds is 6. The topological polar surface area (TPSA) is 71.2 Å². The first-order valence-corrected chi connectivity index (χ1v) is 8.03. The molecule has 1 heterocycles. The summed E-state index contributed by atoms with van der Waals surface area (Å²) in [4.78, 5) is 26.6. The van der Waals surface area contributed by atoms with Crippen molar-refractivity contribution in [2.24, 2.45) is 0 Å². The van der Waals surface area contributed by atoms with Crippen LogP contribution in [0.5, 0.6) is 5.75 Å². The van der Waals surface area contributed by atoms with Crippen molar-refractivity contribution in [3.05, 3.63) is 62.6 Å². The summed E-state index contributed by atoms with van der Waals surface area (Å²) in [5.41, 5.74) is 4.29. The Labute approximate surface area is 142 Å². The van der Waals surface area contributed by atoms with Crippen LogP contribution < -0.4 is 15.6 Å². The number of pyridine rings is 1. The zero-order chi connectivity index (χ0) is 17.7. The van der Waals surface area contributed by atoms with E-state index in [1.54, 1.807) is 0 Å². The van der Waals surface area contributed by atoms with Crippen molar-refractivity contribution in [2.45, 2.75) is 40.7 Å². The maximum absolute atomic E-state index is 11.9. The van der Waals surface area contributed by atoms with Crippen molar-refractivity contribution in [1.82, 2.24) is 10.3 Å². The highest BCUT2D eigenvalue weighted by molar-refractivity contribution is 5.76. The number of amides is 1. The minimum absolute atomic E-state index is 0.139. The molecule has 0 saturated carbocycles. The maximum Gasteiger partial charge on any atom is 0.253 e. The van der Waals surface area contributed by atoms with Crippen molar-refractivity contribution < 1.29 is 9.53 Å². The van der Waals surface area contributed by atoms with Gasteiger partial charge in [-0.15, -0.1) is 0 Å². The fourth-order valence-electron chi connectivity index (χ4n) is 2.49. The third-order valence-corrected chi connectivity index (χ3v) is 3.89. The molecule has 5 nitrogen and oxygen atoms in total. The normalized spacial score (nSPS) is 10.5. The molecule has 0 aliphatic rings. The summed E-state index contributed by atoms with van der Waals surface area (Å²) in [7, 11) is 0. The highest BCUT2D eigenvalue weighted by Crippen LogP contribution is 2.19. The maximum atomic E-state index is 11.9. The number of carbonyl (C=O) groups excluding carboxylic acids is 1. The van der Waals surface area contributed by atoms with Gasteiger partial charge in [0.15, 0.2) is 0 Å². The molecule has 0 aliphatic heterocycles. The van der Waals surface area contributed by atoms with E-state index in [9.17, 15) is 9.59 Å². The van der Waals surface area contributed by atoms with Crippen molar-refractivity contribution in [1.29, 1.82) is 0 Å². The van der Waals surface area contributed by atoms with Crippen molar-refractivity contribution >= 4 is 5.91 Å². The summed E-state index contributed by atoms with van der Waals surface area (Å²) < 4.78 is 5.67. The predicted molar refractivity (Wildman–Crippen MR) is 94.4 cm³/mol. The van der Waals surface area contributed by atoms with Crippen LogP contribution in [0.1, 0.15) is 34.4 Å². The Balaban J connectivity index is 1.84. The Hall–Kier alpha value is -2.56. The zero-order valence-electron chi connectivity index (χ0n) is 14.7. The van der Waals surface area contributed by atoms with E-state index in [-0.39, 0.29) is 24.4 Å². The van der Waals surface area contributed by atoms with Crippen LogP contribution in [-0.4, -0.2) is 17.5 Å². The molecule has 24 heavy (non-hydrogen) atoms.